The Morgan fingerprint density at radius 2 is 2.00 bits per heavy atom. The number of hydrogen-bond donors (Lipinski definition) is 1. The molecule has 2 aromatic heterocycles. The van der Waals surface area contributed by atoms with E-state index in [1.165, 1.54) is 27.6 Å². The molecule has 0 bridgehead atoms. The zero-order valence-corrected chi connectivity index (χ0v) is 18.9. The van der Waals surface area contributed by atoms with Gasteiger partial charge in [-0.1, -0.05) is 30.3 Å². The number of nitrogens with one attached hydrogen (secondary N) is 1. The molecule has 160 valence electrons. The van der Waals surface area contributed by atoms with Crippen LogP contribution in [0.3, 0.4) is 0 Å². The van der Waals surface area contributed by atoms with E-state index in [4.69, 9.17) is 4.98 Å². The first-order valence-corrected chi connectivity index (χ1v) is 11.9. The molecule has 1 unspecified atom stereocenters. The summed E-state index contributed by atoms with van der Waals surface area (Å²) in [5, 5.41) is 4.05. The van der Waals surface area contributed by atoms with Crippen molar-refractivity contribution in [2.75, 3.05) is 13.6 Å². The smallest absolute Gasteiger partial charge is 0.261 e. The summed E-state index contributed by atoms with van der Waals surface area (Å²) in [6.07, 6.45) is 3.25. The van der Waals surface area contributed by atoms with E-state index in [2.05, 4.69) is 64.2 Å². The number of para-hydroxylation sites is 2. The Morgan fingerprint density at radius 3 is 2.84 bits per heavy atom. The standard InChI is InChI=1S/C25H28N4OS/c1-3-29-21-12-6-5-11-20(21)27-23(29)16-28-14-8-9-17(28)15-19-18-10-4-7-13-22(18)31-24(19)25(30)26-2/h4-7,10-13,17H,3,8-9,14-16H2,1-2H3,(H,26,30). The lowest BCUT2D eigenvalue weighted by atomic mass is 10.0. The molecule has 0 spiro atoms. The number of hydrogen-bond acceptors (Lipinski definition) is 4. The van der Waals surface area contributed by atoms with E-state index in [0.717, 1.165) is 48.7 Å². The summed E-state index contributed by atoms with van der Waals surface area (Å²) in [7, 11) is 1.72. The third-order valence-electron chi connectivity index (χ3n) is 6.46. The lowest BCUT2D eigenvalue weighted by Crippen LogP contribution is -2.32. The van der Waals surface area contributed by atoms with E-state index in [0.29, 0.717) is 6.04 Å². The minimum Gasteiger partial charge on any atom is -0.354 e. The number of thiophene rings is 1. The number of amides is 1. The van der Waals surface area contributed by atoms with Crippen LogP contribution < -0.4 is 5.32 Å². The van der Waals surface area contributed by atoms with Crippen LogP contribution in [0, 0.1) is 0 Å². The number of imidazole rings is 1. The van der Waals surface area contributed by atoms with Crippen molar-refractivity contribution in [3.8, 4) is 0 Å². The fourth-order valence-electron chi connectivity index (χ4n) is 4.95. The van der Waals surface area contributed by atoms with Crippen LogP contribution in [0.25, 0.3) is 21.1 Å². The number of likely N-dealkylation sites (tertiary alicyclic amines) is 1. The maximum Gasteiger partial charge on any atom is 0.261 e. The molecular formula is C25H28N4OS. The minimum absolute atomic E-state index is 0.0218. The lowest BCUT2D eigenvalue weighted by Gasteiger charge is -2.25. The topological polar surface area (TPSA) is 50.2 Å². The van der Waals surface area contributed by atoms with E-state index < -0.39 is 0 Å². The van der Waals surface area contributed by atoms with Crippen LogP contribution in [0.4, 0.5) is 0 Å². The SMILES string of the molecule is CCn1c(CN2CCCC2Cc2c(C(=O)NC)sc3ccccc23)nc2ccccc21. The fraction of sp³-hybridized carbons (Fsp3) is 0.360. The fourth-order valence-corrected chi connectivity index (χ4v) is 6.13. The van der Waals surface area contributed by atoms with Crippen molar-refractivity contribution in [1.29, 1.82) is 0 Å². The molecule has 6 heteroatoms. The molecule has 1 atom stereocenters. The van der Waals surface area contributed by atoms with Gasteiger partial charge in [0.25, 0.3) is 5.91 Å². The van der Waals surface area contributed by atoms with Crippen LogP contribution in [0.5, 0.6) is 0 Å². The van der Waals surface area contributed by atoms with Crippen LogP contribution in [-0.2, 0) is 19.5 Å². The highest BCUT2D eigenvalue weighted by Gasteiger charge is 2.29. The number of carbonyl (C=O) groups is 1. The number of fused-ring (bicyclic) bond motifs is 2. The highest BCUT2D eigenvalue weighted by atomic mass is 32.1. The van der Waals surface area contributed by atoms with Gasteiger partial charge in [0.05, 0.1) is 22.5 Å². The predicted octanol–water partition coefficient (Wildman–Crippen LogP) is 4.84. The average molecular weight is 433 g/mol. The van der Waals surface area contributed by atoms with Crippen LogP contribution in [0.2, 0.25) is 0 Å². The van der Waals surface area contributed by atoms with Crippen LogP contribution in [0.15, 0.2) is 48.5 Å². The van der Waals surface area contributed by atoms with Crippen LogP contribution >= 0.6 is 11.3 Å². The molecule has 1 aliphatic rings. The summed E-state index contributed by atoms with van der Waals surface area (Å²) in [5.41, 5.74) is 3.48. The number of carbonyl (C=O) groups excluding carboxylic acids is 1. The number of rotatable bonds is 6. The molecule has 1 saturated heterocycles. The first-order chi connectivity index (χ1) is 15.2. The first kappa shape index (κ1) is 20.2. The van der Waals surface area contributed by atoms with Crippen LogP contribution in [0.1, 0.15) is 40.8 Å². The van der Waals surface area contributed by atoms with Gasteiger partial charge in [0.15, 0.2) is 0 Å². The molecule has 3 heterocycles. The second-order valence-electron chi connectivity index (χ2n) is 8.22. The van der Waals surface area contributed by atoms with E-state index >= 15 is 0 Å². The maximum absolute atomic E-state index is 12.6. The van der Waals surface area contributed by atoms with Gasteiger partial charge in [-0.15, -0.1) is 11.3 Å². The minimum atomic E-state index is 0.0218. The number of aryl methyl sites for hydroxylation is 1. The monoisotopic (exact) mass is 432 g/mol. The van der Waals surface area contributed by atoms with Gasteiger partial charge in [0.2, 0.25) is 0 Å². The molecule has 4 aromatic rings. The van der Waals surface area contributed by atoms with Gasteiger partial charge < -0.3 is 9.88 Å². The van der Waals surface area contributed by atoms with E-state index in [9.17, 15) is 4.79 Å². The Kier molecular flexibility index (Phi) is 5.50. The van der Waals surface area contributed by atoms with Crippen LogP contribution in [-0.4, -0.2) is 40.0 Å². The molecule has 0 aliphatic carbocycles. The van der Waals surface area contributed by atoms with Gasteiger partial charge >= 0.3 is 0 Å². The summed E-state index contributed by atoms with van der Waals surface area (Å²) < 4.78 is 3.52. The molecule has 31 heavy (non-hydrogen) atoms. The summed E-state index contributed by atoms with van der Waals surface area (Å²) in [4.78, 5) is 21.0. The average Bonchev–Trinajstić information content (AvgIpc) is 3.49. The molecule has 2 aromatic carbocycles. The normalized spacial score (nSPS) is 17.0. The first-order valence-electron chi connectivity index (χ1n) is 11.1. The van der Waals surface area contributed by atoms with Crippen molar-refractivity contribution in [3.05, 3.63) is 64.8 Å². The highest BCUT2D eigenvalue weighted by Crippen LogP contribution is 2.35. The quantitative estimate of drug-likeness (QED) is 0.474. The zero-order chi connectivity index (χ0) is 21.4. The summed E-state index contributed by atoms with van der Waals surface area (Å²) in [5.74, 6) is 1.16. The number of nitrogens with zero attached hydrogens (tertiary/aromatic N) is 3. The number of benzene rings is 2. The molecular weight excluding hydrogens is 404 g/mol. The van der Waals surface area contributed by atoms with Crippen molar-refractivity contribution in [3.63, 3.8) is 0 Å². The second-order valence-corrected chi connectivity index (χ2v) is 9.27. The van der Waals surface area contributed by atoms with Crippen molar-refractivity contribution in [1.82, 2.24) is 19.8 Å². The zero-order valence-electron chi connectivity index (χ0n) is 18.1. The maximum atomic E-state index is 12.6. The predicted molar refractivity (Wildman–Crippen MR) is 128 cm³/mol. The molecule has 1 amide bonds. The lowest BCUT2D eigenvalue weighted by molar-refractivity contribution is 0.0966. The third-order valence-corrected chi connectivity index (χ3v) is 7.68. The third kappa shape index (κ3) is 3.64. The van der Waals surface area contributed by atoms with Gasteiger partial charge in [-0.25, -0.2) is 4.98 Å². The Morgan fingerprint density at radius 1 is 1.19 bits per heavy atom. The molecule has 5 nitrogen and oxygen atoms in total. The van der Waals surface area contributed by atoms with Crippen molar-refractivity contribution in [2.45, 2.75) is 45.3 Å². The summed E-state index contributed by atoms with van der Waals surface area (Å²) >= 11 is 1.61. The van der Waals surface area contributed by atoms with Crippen molar-refractivity contribution in [2.24, 2.45) is 0 Å². The molecule has 5 rings (SSSR count). The summed E-state index contributed by atoms with van der Waals surface area (Å²) in [6, 6.07) is 17.2. The Bertz CT molecular complexity index is 1240. The molecule has 1 fully saturated rings. The Hall–Kier alpha value is -2.70. The molecule has 0 radical (unpaired) electrons. The largest absolute Gasteiger partial charge is 0.354 e. The van der Waals surface area contributed by atoms with E-state index in [1.807, 2.05) is 6.07 Å². The van der Waals surface area contributed by atoms with E-state index in [1.54, 1.807) is 18.4 Å². The molecule has 1 aliphatic heterocycles. The van der Waals surface area contributed by atoms with Gasteiger partial charge in [-0.3, -0.25) is 9.69 Å². The van der Waals surface area contributed by atoms with Gasteiger partial charge in [0, 0.05) is 24.3 Å². The van der Waals surface area contributed by atoms with Crippen molar-refractivity contribution >= 4 is 38.4 Å². The number of aromatic nitrogens is 2. The Labute approximate surface area is 186 Å². The summed E-state index contributed by atoms with van der Waals surface area (Å²) in [6.45, 7) is 5.04. The van der Waals surface area contributed by atoms with Gasteiger partial charge in [0.1, 0.15) is 5.82 Å². The molecule has 1 N–H and O–H groups in total. The highest BCUT2D eigenvalue weighted by molar-refractivity contribution is 7.21. The van der Waals surface area contributed by atoms with Gasteiger partial charge in [-0.2, -0.15) is 0 Å². The second kappa shape index (κ2) is 8.44. The van der Waals surface area contributed by atoms with Crippen molar-refractivity contribution < 1.29 is 4.79 Å². The Balaban J connectivity index is 1.45. The van der Waals surface area contributed by atoms with E-state index in [-0.39, 0.29) is 5.91 Å². The van der Waals surface area contributed by atoms with Gasteiger partial charge in [-0.05, 0) is 61.9 Å². The molecule has 0 saturated carbocycles.